The number of rotatable bonds is 6. The van der Waals surface area contributed by atoms with E-state index >= 15 is 0 Å². The molecule has 5 aromatic heterocycles. The van der Waals surface area contributed by atoms with Crippen molar-refractivity contribution in [1.82, 2.24) is 44.6 Å². The summed E-state index contributed by atoms with van der Waals surface area (Å²) in [6, 6.07) is 11.7. The number of likely N-dealkylation sites (N-methyl/N-ethyl adjacent to an activating group) is 1. The summed E-state index contributed by atoms with van der Waals surface area (Å²) >= 11 is 0. The largest absolute Gasteiger partial charge is 0.333 e. The lowest BCUT2D eigenvalue weighted by atomic mass is 10.1. The molecule has 11 nitrogen and oxygen atoms in total. The maximum Gasteiger partial charge on any atom is 0.238 e. The van der Waals surface area contributed by atoms with Crippen LogP contribution in [0.3, 0.4) is 0 Å². The molecule has 11 heteroatoms. The van der Waals surface area contributed by atoms with Gasteiger partial charge >= 0.3 is 0 Å². The van der Waals surface area contributed by atoms with Crippen molar-refractivity contribution in [3.05, 3.63) is 66.4 Å². The van der Waals surface area contributed by atoms with Crippen LogP contribution < -0.4 is 5.32 Å². The summed E-state index contributed by atoms with van der Waals surface area (Å²) in [6.07, 6.45) is 5.44. The number of imidazole rings is 2. The molecule has 0 saturated heterocycles. The van der Waals surface area contributed by atoms with Gasteiger partial charge in [-0.2, -0.15) is 5.10 Å². The molecule has 0 aliphatic heterocycles. The summed E-state index contributed by atoms with van der Waals surface area (Å²) in [4.78, 5) is 35.9. The molecular formula is C27H26N10O. The number of nitrogens with one attached hydrogen (secondary N) is 3. The van der Waals surface area contributed by atoms with Gasteiger partial charge in [0, 0.05) is 23.6 Å². The first kappa shape index (κ1) is 23.5. The van der Waals surface area contributed by atoms with Crippen LogP contribution in [0.1, 0.15) is 11.3 Å². The minimum atomic E-state index is -0.0733. The molecule has 6 rings (SSSR count). The molecule has 0 fully saturated rings. The average molecular weight is 507 g/mol. The second-order valence-electron chi connectivity index (χ2n) is 9.57. The SMILES string of the molecule is Cc1cc(NC(=O)CN(C)C)cc(-c2ccc3[nH]nc(-c4nc5nccc(-n6cnc(C)c6)c5[nH]4)c3n2)c1. The fraction of sp³-hybridized carbons (Fsp3) is 0.185. The van der Waals surface area contributed by atoms with Crippen molar-refractivity contribution in [3.63, 3.8) is 0 Å². The fourth-order valence-corrected chi connectivity index (χ4v) is 4.49. The molecule has 3 N–H and O–H groups in total. The summed E-state index contributed by atoms with van der Waals surface area (Å²) in [5, 5.41) is 10.5. The number of aryl methyl sites for hydroxylation is 2. The van der Waals surface area contributed by atoms with Gasteiger partial charge in [0.2, 0.25) is 5.91 Å². The zero-order chi connectivity index (χ0) is 26.4. The Morgan fingerprint density at radius 3 is 2.74 bits per heavy atom. The van der Waals surface area contributed by atoms with Gasteiger partial charge in [-0.1, -0.05) is 0 Å². The second-order valence-corrected chi connectivity index (χ2v) is 9.57. The number of carbonyl (C=O) groups excluding carboxylic acids is 1. The lowest BCUT2D eigenvalue weighted by molar-refractivity contribution is -0.116. The molecule has 1 amide bonds. The number of anilines is 1. The van der Waals surface area contributed by atoms with Gasteiger partial charge in [-0.25, -0.2) is 19.9 Å². The molecule has 0 bridgehead atoms. The summed E-state index contributed by atoms with van der Waals surface area (Å²) < 4.78 is 1.94. The van der Waals surface area contributed by atoms with E-state index in [2.05, 4.69) is 30.5 Å². The molecule has 5 heterocycles. The van der Waals surface area contributed by atoms with Crippen molar-refractivity contribution in [1.29, 1.82) is 0 Å². The first-order valence-corrected chi connectivity index (χ1v) is 12.1. The van der Waals surface area contributed by atoms with Crippen LogP contribution in [0.5, 0.6) is 0 Å². The maximum absolute atomic E-state index is 12.3. The van der Waals surface area contributed by atoms with Crippen LogP contribution in [-0.4, -0.2) is 71.1 Å². The summed E-state index contributed by atoms with van der Waals surface area (Å²) in [6.45, 7) is 4.25. The number of benzene rings is 1. The highest BCUT2D eigenvalue weighted by Crippen LogP contribution is 2.30. The average Bonchev–Trinajstić information content (AvgIpc) is 3.60. The summed E-state index contributed by atoms with van der Waals surface area (Å²) in [5.41, 5.74) is 8.63. The van der Waals surface area contributed by atoms with Crippen LogP contribution in [0.2, 0.25) is 0 Å². The summed E-state index contributed by atoms with van der Waals surface area (Å²) in [7, 11) is 3.72. The number of hydrogen-bond acceptors (Lipinski definition) is 7. The highest BCUT2D eigenvalue weighted by molar-refractivity contribution is 5.94. The Bertz CT molecular complexity index is 1810. The molecule has 190 valence electrons. The van der Waals surface area contributed by atoms with E-state index in [-0.39, 0.29) is 5.91 Å². The zero-order valence-corrected chi connectivity index (χ0v) is 21.4. The van der Waals surface area contributed by atoms with Crippen molar-refractivity contribution < 1.29 is 4.79 Å². The van der Waals surface area contributed by atoms with E-state index < -0.39 is 0 Å². The Morgan fingerprint density at radius 1 is 1.08 bits per heavy atom. The van der Waals surface area contributed by atoms with Gasteiger partial charge in [0.1, 0.15) is 11.0 Å². The van der Waals surface area contributed by atoms with Crippen LogP contribution >= 0.6 is 0 Å². The Balaban J connectivity index is 1.40. The third kappa shape index (κ3) is 4.39. The molecule has 38 heavy (non-hydrogen) atoms. The van der Waals surface area contributed by atoms with Crippen LogP contribution in [0, 0.1) is 13.8 Å². The van der Waals surface area contributed by atoms with E-state index in [0.29, 0.717) is 29.2 Å². The van der Waals surface area contributed by atoms with Crippen LogP contribution in [-0.2, 0) is 4.79 Å². The molecule has 0 aliphatic rings. The van der Waals surface area contributed by atoms with E-state index in [1.165, 1.54) is 0 Å². The van der Waals surface area contributed by atoms with Crippen molar-refractivity contribution in [2.75, 3.05) is 26.0 Å². The number of aromatic nitrogens is 8. The molecule has 0 atom stereocenters. The summed E-state index contributed by atoms with van der Waals surface area (Å²) in [5.74, 6) is 0.490. The van der Waals surface area contributed by atoms with Gasteiger partial charge in [-0.05, 0) is 69.9 Å². The fourth-order valence-electron chi connectivity index (χ4n) is 4.49. The first-order chi connectivity index (χ1) is 18.3. The molecule has 6 aromatic rings. The molecule has 0 spiro atoms. The van der Waals surface area contributed by atoms with E-state index in [1.807, 2.05) is 80.0 Å². The van der Waals surface area contributed by atoms with Gasteiger partial charge < -0.3 is 19.8 Å². The Morgan fingerprint density at radius 2 is 1.95 bits per heavy atom. The van der Waals surface area contributed by atoms with E-state index in [9.17, 15) is 4.79 Å². The first-order valence-electron chi connectivity index (χ1n) is 12.1. The standard InChI is InChI=1S/C27H26N10O/c1-15-9-17(11-18(10-15)30-22(38)13-36(3)4)19-5-6-20-23(31-19)25(35-34-20)27-32-24-21(7-8-28-26(24)33-27)37-12-16(2)29-14-37/h5-12,14H,13H2,1-4H3,(H,30,38)(H,34,35)(H,28,32,33). The topological polar surface area (TPSA) is 133 Å². The van der Waals surface area contributed by atoms with Crippen LogP contribution in [0.15, 0.2) is 55.1 Å². The highest BCUT2D eigenvalue weighted by Gasteiger charge is 2.18. The van der Waals surface area contributed by atoms with Gasteiger partial charge in [0.05, 0.1) is 35.5 Å². The molecular weight excluding hydrogens is 480 g/mol. The Kier molecular flexibility index (Phi) is 5.69. The second kappa shape index (κ2) is 9.20. The predicted octanol–water partition coefficient (Wildman–Crippen LogP) is 3.87. The quantitative estimate of drug-likeness (QED) is 0.312. The minimum absolute atomic E-state index is 0.0733. The monoisotopic (exact) mass is 506 g/mol. The number of hydrogen-bond donors (Lipinski definition) is 3. The molecule has 0 radical (unpaired) electrons. The Hall–Kier alpha value is -4.90. The van der Waals surface area contributed by atoms with Crippen molar-refractivity contribution in [2.24, 2.45) is 0 Å². The van der Waals surface area contributed by atoms with Gasteiger partial charge in [-0.15, -0.1) is 0 Å². The number of H-pyrrole nitrogens is 2. The third-order valence-electron chi connectivity index (χ3n) is 6.11. The molecule has 0 aliphatic carbocycles. The minimum Gasteiger partial charge on any atom is -0.333 e. The van der Waals surface area contributed by atoms with Gasteiger partial charge in [0.25, 0.3) is 0 Å². The molecule has 0 saturated carbocycles. The van der Waals surface area contributed by atoms with E-state index in [1.54, 1.807) is 12.5 Å². The van der Waals surface area contributed by atoms with Crippen molar-refractivity contribution in [3.8, 4) is 28.5 Å². The number of aromatic amines is 2. The number of amides is 1. The highest BCUT2D eigenvalue weighted by atomic mass is 16.2. The molecule has 1 aromatic carbocycles. The number of fused-ring (bicyclic) bond motifs is 2. The number of pyridine rings is 2. The lowest BCUT2D eigenvalue weighted by Crippen LogP contribution is -2.27. The van der Waals surface area contributed by atoms with Gasteiger partial charge in [0.15, 0.2) is 17.2 Å². The number of carbonyl (C=O) groups is 1. The van der Waals surface area contributed by atoms with Crippen LogP contribution in [0.4, 0.5) is 5.69 Å². The Labute approximate surface area is 218 Å². The van der Waals surface area contributed by atoms with Crippen molar-refractivity contribution >= 4 is 33.8 Å². The lowest BCUT2D eigenvalue weighted by Gasteiger charge is -2.12. The van der Waals surface area contributed by atoms with Crippen LogP contribution in [0.25, 0.3) is 50.7 Å². The predicted molar refractivity (Wildman–Crippen MR) is 146 cm³/mol. The number of nitrogens with zero attached hydrogens (tertiary/aromatic N) is 7. The third-order valence-corrected chi connectivity index (χ3v) is 6.11. The zero-order valence-electron chi connectivity index (χ0n) is 21.4. The smallest absolute Gasteiger partial charge is 0.238 e. The van der Waals surface area contributed by atoms with Crippen molar-refractivity contribution in [2.45, 2.75) is 13.8 Å². The van der Waals surface area contributed by atoms with E-state index in [0.717, 1.165) is 44.9 Å². The van der Waals surface area contributed by atoms with E-state index in [4.69, 9.17) is 9.97 Å². The normalized spacial score (nSPS) is 11.6. The van der Waals surface area contributed by atoms with Gasteiger partial charge in [-0.3, -0.25) is 9.89 Å². The molecule has 0 unspecified atom stereocenters. The maximum atomic E-state index is 12.3.